The van der Waals surface area contributed by atoms with Gasteiger partial charge in [0, 0.05) is 32.4 Å². The number of carbonyl (C=O) groups excluding carboxylic acids is 1. The van der Waals surface area contributed by atoms with Crippen LogP contribution in [0.2, 0.25) is 0 Å². The van der Waals surface area contributed by atoms with Crippen molar-refractivity contribution in [2.24, 2.45) is 5.92 Å². The van der Waals surface area contributed by atoms with Crippen molar-refractivity contribution in [3.05, 3.63) is 35.9 Å². The van der Waals surface area contributed by atoms with Crippen LogP contribution in [0.4, 0.5) is 17.1 Å². The Morgan fingerprint density at radius 1 is 1.21 bits per heavy atom. The molecule has 4 rings (SSSR count). The Morgan fingerprint density at radius 2 is 2.00 bits per heavy atom. The van der Waals surface area contributed by atoms with Crippen molar-refractivity contribution < 1.29 is 4.79 Å². The van der Waals surface area contributed by atoms with Crippen molar-refractivity contribution in [3.8, 4) is 0 Å². The van der Waals surface area contributed by atoms with Gasteiger partial charge in [-0.3, -0.25) is 4.79 Å². The van der Waals surface area contributed by atoms with Gasteiger partial charge < -0.3 is 25.8 Å². The normalized spacial score (nSPS) is 21.9. The van der Waals surface area contributed by atoms with E-state index < -0.39 is 0 Å². The van der Waals surface area contributed by atoms with Crippen molar-refractivity contribution in [1.29, 1.82) is 0 Å². The van der Waals surface area contributed by atoms with E-state index in [1.54, 1.807) is 0 Å². The summed E-state index contributed by atoms with van der Waals surface area (Å²) in [6.45, 7) is 4.70. The molecule has 1 saturated carbocycles. The number of fused-ring (bicyclic) bond motifs is 1. The van der Waals surface area contributed by atoms with Crippen molar-refractivity contribution in [1.82, 2.24) is 14.9 Å². The standard InChI is InChI=1S/C21H30N6O/c1-14-3-5-15(6-4-14)25-21(28)17-9-18(22)19(23-2)10-20(17)26-7-8-27-13-24-11-16(27)12-26/h9-11,13-15,23H,3-8,12,22H2,1-2H3,(H,25,28). The van der Waals surface area contributed by atoms with E-state index in [2.05, 4.69) is 32.0 Å². The molecule has 1 fully saturated rings. The number of hydrogen-bond acceptors (Lipinski definition) is 5. The zero-order valence-electron chi connectivity index (χ0n) is 16.7. The summed E-state index contributed by atoms with van der Waals surface area (Å²) in [5, 5.41) is 6.40. The first-order valence-electron chi connectivity index (χ1n) is 10.2. The lowest BCUT2D eigenvalue weighted by Gasteiger charge is -2.32. The Hall–Kier alpha value is -2.70. The second kappa shape index (κ2) is 7.73. The molecule has 1 aromatic heterocycles. The number of nitrogens with two attached hydrogens (primary N) is 1. The van der Waals surface area contributed by atoms with Crippen LogP contribution in [0.15, 0.2) is 24.7 Å². The number of imidazole rings is 1. The van der Waals surface area contributed by atoms with Gasteiger partial charge in [-0.15, -0.1) is 0 Å². The maximum atomic E-state index is 13.2. The molecule has 1 amide bonds. The third-order valence-corrected chi connectivity index (χ3v) is 6.14. The van der Waals surface area contributed by atoms with E-state index >= 15 is 0 Å². The molecular weight excluding hydrogens is 352 g/mol. The zero-order valence-corrected chi connectivity index (χ0v) is 16.7. The summed E-state index contributed by atoms with van der Waals surface area (Å²) in [6.07, 6.45) is 8.21. The van der Waals surface area contributed by atoms with E-state index in [0.29, 0.717) is 11.3 Å². The van der Waals surface area contributed by atoms with E-state index in [9.17, 15) is 4.79 Å². The number of benzene rings is 1. The van der Waals surface area contributed by atoms with E-state index in [1.807, 2.05) is 31.7 Å². The summed E-state index contributed by atoms with van der Waals surface area (Å²) < 4.78 is 2.16. The molecule has 0 atom stereocenters. The van der Waals surface area contributed by atoms with Gasteiger partial charge in [-0.25, -0.2) is 4.98 Å². The first-order valence-corrected chi connectivity index (χ1v) is 10.2. The number of nitrogens with zero attached hydrogens (tertiary/aromatic N) is 3. The summed E-state index contributed by atoms with van der Waals surface area (Å²) in [6, 6.07) is 4.07. The van der Waals surface area contributed by atoms with E-state index in [0.717, 1.165) is 55.5 Å². The van der Waals surface area contributed by atoms with Crippen LogP contribution in [0.3, 0.4) is 0 Å². The first kappa shape index (κ1) is 18.7. The number of nitrogens with one attached hydrogen (secondary N) is 2. The molecule has 7 heteroatoms. The highest BCUT2D eigenvalue weighted by Gasteiger charge is 2.25. The van der Waals surface area contributed by atoms with Gasteiger partial charge in [0.1, 0.15) is 0 Å². The number of nitrogen functional groups attached to an aromatic ring is 1. The molecule has 0 bridgehead atoms. The molecular formula is C21H30N6O. The molecule has 0 radical (unpaired) electrons. The monoisotopic (exact) mass is 382 g/mol. The van der Waals surface area contributed by atoms with E-state index in [1.165, 1.54) is 12.8 Å². The highest BCUT2D eigenvalue weighted by molar-refractivity contribution is 6.02. The van der Waals surface area contributed by atoms with Gasteiger partial charge in [-0.05, 0) is 43.7 Å². The predicted molar refractivity (Wildman–Crippen MR) is 113 cm³/mol. The Balaban J connectivity index is 1.61. The second-order valence-corrected chi connectivity index (χ2v) is 8.14. The second-order valence-electron chi connectivity index (χ2n) is 8.14. The van der Waals surface area contributed by atoms with Crippen molar-refractivity contribution in [2.45, 2.75) is 51.7 Å². The van der Waals surface area contributed by atoms with Gasteiger partial charge in [0.25, 0.3) is 5.91 Å². The fourth-order valence-electron chi connectivity index (χ4n) is 4.32. The molecule has 4 N–H and O–H groups in total. The minimum atomic E-state index is -0.0250. The Kier molecular flexibility index (Phi) is 5.15. The molecule has 150 valence electrons. The topological polar surface area (TPSA) is 88.2 Å². The molecule has 0 saturated heterocycles. The molecule has 7 nitrogen and oxygen atoms in total. The fraction of sp³-hybridized carbons (Fsp3) is 0.524. The Labute approximate surface area is 166 Å². The molecule has 0 unspecified atom stereocenters. The maximum absolute atomic E-state index is 13.2. The zero-order chi connectivity index (χ0) is 19.7. The molecule has 28 heavy (non-hydrogen) atoms. The van der Waals surface area contributed by atoms with E-state index in [-0.39, 0.29) is 11.9 Å². The molecule has 2 aromatic rings. The van der Waals surface area contributed by atoms with Crippen molar-refractivity contribution in [2.75, 3.05) is 29.5 Å². The number of anilines is 3. The molecule has 2 heterocycles. The summed E-state index contributed by atoms with van der Waals surface area (Å²) in [5.41, 5.74) is 10.4. The third-order valence-electron chi connectivity index (χ3n) is 6.14. The highest BCUT2D eigenvalue weighted by atomic mass is 16.1. The van der Waals surface area contributed by atoms with Gasteiger partial charge in [0.2, 0.25) is 0 Å². The van der Waals surface area contributed by atoms with E-state index in [4.69, 9.17) is 5.73 Å². The van der Waals surface area contributed by atoms with Crippen molar-refractivity contribution >= 4 is 23.0 Å². The third kappa shape index (κ3) is 3.66. The smallest absolute Gasteiger partial charge is 0.253 e. The average Bonchev–Trinajstić information content (AvgIpc) is 3.17. The summed E-state index contributed by atoms with van der Waals surface area (Å²) in [4.78, 5) is 19.7. The number of amides is 1. The maximum Gasteiger partial charge on any atom is 0.253 e. The van der Waals surface area contributed by atoms with Crippen LogP contribution >= 0.6 is 0 Å². The minimum Gasteiger partial charge on any atom is -0.397 e. The molecule has 1 aliphatic carbocycles. The molecule has 0 spiro atoms. The van der Waals surface area contributed by atoms with Crippen LogP contribution in [-0.4, -0.2) is 35.1 Å². The summed E-state index contributed by atoms with van der Waals surface area (Å²) in [7, 11) is 1.85. The first-order chi connectivity index (χ1) is 13.5. The van der Waals surface area contributed by atoms with Crippen LogP contribution in [0.1, 0.15) is 48.7 Å². The molecule has 2 aliphatic rings. The van der Waals surface area contributed by atoms with Crippen LogP contribution in [0.25, 0.3) is 0 Å². The summed E-state index contributed by atoms with van der Waals surface area (Å²) >= 11 is 0. The number of rotatable bonds is 4. The number of aromatic nitrogens is 2. The minimum absolute atomic E-state index is 0.0250. The summed E-state index contributed by atoms with van der Waals surface area (Å²) in [5.74, 6) is 0.732. The average molecular weight is 383 g/mol. The lowest BCUT2D eigenvalue weighted by Crippen LogP contribution is -2.39. The quantitative estimate of drug-likeness (QED) is 0.708. The van der Waals surface area contributed by atoms with Gasteiger partial charge in [0.15, 0.2) is 0 Å². The predicted octanol–water partition coefficient (Wildman–Crippen LogP) is 2.84. The van der Waals surface area contributed by atoms with Gasteiger partial charge in [-0.2, -0.15) is 0 Å². The van der Waals surface area contributed by atoms with Crippen LogP contribution in [0, 0.1) is 5.92 Å². The lowest BCUT2D eigenvalue weighted by molar-refractivity contribution is 0.0923. The Morgan fingerprint density at radius 3 is 2.75 bits per heavy atom. The molecule has 1 aliphatic heterocycles. The van der Waals surface area contributed by atoms with Gasteiger partial charge in [0.05, 0.1) is 41.2 Å². The SMILES string of the molecule is CNc1cc(N2CCn3cncc3C2)c(C(=O)NC2CCC(C)CC2)cc1N. The Bertz CT molecular complexity index is 853. The number of carbonyl (C=O) groups is 1. The van der Waals surface area contributed by atoms with Crippen LogP contribution in [0.5, 0.6) is 0 Å². The largest absolute Gasteiger partial charge is 0.397 e. The van der Waals surface area contributed by atoms with Crippen molar-refractivity contribution in [3.63, 3.8) is 0 Å². The van der Waals surface area contributed by atoms with Gasteiger partial charge in [-0.1, -0.05) is 6.92 Å². The van der Waals surface area contributed by atoms with Crippen LogP contribution in [-0.2, 0) is 13.1 Å². The fourth-order valence-corrected chi connectivity index (χ4v) is 4.32. The van der Waals surface area contributed by atoms with Gasteiger partial charge >= 0.3 is 0 Å². The number of hydrogen-bond donors (Lipinski definition) is 3. The van der Waals surface area contributed by atoms with Crippen LogP contribution < -0.4 is 21.3 Å². The highest BCUT2D eigenvalue weighted by Crippen LogP contribution is 2.33. The molecule has 1 aromatic carbocycles. The lowest BCUT2D eigenvalue weighted by atomic mass is 9.87.